The molecule has 0 radical (unpaired) electrons. The number of amides is 3. The van der Waals surface area contributed by atoms with E-state index in [1.807, 2.05) is 20.8 Å². The summed E-state index contributed by atoms with van der Waals surface area (Å²) in [6, 6.07) is 1.69. The van der Waals surface area contributed by atoms with Gasteiger partial charge in [0.2, 0.25) is 11.8 Å². The van der Waals surface area contributed by atoms with Gasteiger partial charge >= 0.3 is 6.09 Å². The zero-order valence-corrected chi connectivity index (χ0v) is 22.7. The predicted molar refractivity (Wildman–Crippen MR) is 140 cm³/mol. The van der Waals surface area contributed by atoms with Gasteiger partial charge in [-0.05, 0) is 57.6 Å². The standard InChI is InChI=1S/C27H39F2N5O4/c1-26(2,3)38-25(37)34-9-7-27(4,8-10-34)17-32-11-13-33(14-12-32)23-19(28)15-18(16-20(23)29)30-21-5-6-22(35)31-24(21)36/h15-16,21,30H,5-14,17H2,1-4H3,(H,31,35,36). The minimum atomic E-state index is -0.710. The second-order valence-electron chi connectivity index (χ2n) is 12.0. The Morgan fingerprint density at radius 2 is 1.68 bits per heavy atom. The molecule has 1 unspecified atom stereocenters. The molecule has 2 N–H and O–H groups in total. The van der Waals surface area contributed by atoms with Crippen LogP contribution in [0.3, 0.4) is 0 Å². The summed E-state index contributed by atoms with van der Waals surface area (Å²) in [4.78, 5) is 41.5. The lowest BCUT2D eigenvalue weighted by Crippen LogP contribution is -2.52. The van der Waals surface area contributed by atoms with Crippen molar-refractivity contribution >= 4 is 29.3 Å². The first-order valence-corrected chi connectivity index (χ1v) is 13.4. The van der Waals surface area contributed by atoms with E-state index in [4.69, 9.17) is 4.74 Å². The average molecular weight is 536 g/mol. The third-order valence-corrected chi connectivity index (χ3v) is 7.51. The molecule has 3 heterocycles. The van der Waals surface area contributed by atoms with E-state index < -0.39 is 29.2 Å². The van der Waals surface area contributed by atoms with E-state index in [2.05, 4.69) is 22.5 Å². The smallest absolute Gasteiger partial charge is 0.410 e. The van der Waals surface area contributed by atoms with Gasteiger partial charge in [-0.15, -0.1) is 0 Å². The number of rotatable bonds is 5. The molecule has 9 nitrogen and oxygen atoms in total. The van der Waals surface area contributed by atoms with E-state index in [-0.39, 0.29) is 41.6 Å². The number of likely N-dealkylation sites (tertiary alicyclic amines) is 1. The fourth-order valence-corrected chi connectivity index (χ4v) is 5.37. The summed E-state index contributed by atoms with van der Waals surface area (Å²) >= 11 is 0. The Balaban J connectivity index is 1.28. The average Bonchev–Trinajstić information content (AvgIpc) is 2.81. The van der Waals surface area contributed by atoms with Crippen molar-refractivity contribution < 1.29 is 27.9 Å². The first-order chi connectivity index (χ1) is 17.8. The molecule has 0 spiro atoms. The van der Waals surface area contributed by atoms with Crippen molar-refractivity contribution in [3.8, 4) is 0 Å². The van der Waals surface area contributed by atoms with E-state index in [1.54, 1.807) is 9.80 Å². The molecule has 210 valence electrons. The van der Waals surface area contributed by atoms with Gasteiger partial charge in [0.1, 0.15) is 17.3 Å². The molecule has 0 aliphatic carbocycles. The maximum absolute atomic E-state index is 15.0. The third kappa shape index (κ3) is 6.92. The molecule has 3 aliphatic rings. The van der Waals surface area contributed by atoms with Gasteiger partial charge in [0, 0.05) is 57.9 Å². The Labute approximate surface area is 222 Å². The second-order valence-corrected chi connectivity index (χ2v) is 12.0. The van der Waals surface area contributed by atoms with Gasteiger partial charge in [-0.1, -0.05) is 6.92 Å². The van der Waals surface area contributed by atoms with Gasteiger partial charge in [-0.3, -0.25) is 19.8 Å². The van der Waals surface area contributed by atoms with Crippen LogP contribution >= 0.6 is 0 Å². The van der Waals surface area contributed by atoms with Crippen LogP contribution in [0.2, 0.25) is 0 Å². The topological polar surface area (TPSA) is 94.2 Å². The van der Waals surface area contributed by atoms with Crippen LogP contribution in [0.1, 0.15) is 53.4 Å². The Hall–Kier alpha value is -2.95. The van der Waals surface area contributed by atoms with E-state index >= 15 is 8.78 Å². The van der Waals surface area contributed by atoms with Crippen molar-refractivity contribution in [2.75, 3.05) is 56.0 Å². The molecule has 1 atom stereocenters. The highest BCUT2D eigenvalue weighted by molar-refractivity contribution is 6.01. The quantitative estimate of drug-likeness (QED) is 0.559. The number of imide groups is 1. The number of anilines is 2. The molecule has 3 aliphatic heterocycles. The molecule has 1 aromatic carbocycles. The number of carbonyl (C=O) groups is 3. The predicted octanol–water partition coefficient (Wildman–Crippen LogP) is 3.34. The fraction of sp³-hybridized carbons (Fsp3) is 0.667. The Bertz CT molecular complexity index is 1040. The maximum atomic E-state index is 15.0. The molecule has 3 fully saturated rings. The summed E-state index contributed by atoms with van der Waals surface area (Å²) in [6.45, 7) is 12.3. The fourth-order valence-electron chi connectivity index (χ4n) is 5.37. The van der Waals surface area contributed by atoms with Crippen molar-refractivity contribution in [3.63, 3.8) is 0 Å². The van der Waals surface area contributed by atoms with Crippen LogP contribution in [0, 0.1) is 17.0 Å². The lowest BCUT2D eigenvalue weighted by atomic mass is 9.80. The van der Waals surface area contributed by atoms with Crippen molar-refractivity contribution in [3.05, 3.63) is 23.8 Å². The van der Waals surface area contributed by atoms with E-state index in [0.29, 0.717) is 39.3 Å². The molecular formula is C27H39F2N5O4. The van der Waals surface area contributed by atoms with Crippen LogP contribution in [-0.2, 0) is 14.3 Å². The SMILES string of the molecule is CC1(CN2CCN(c3c(F)cc(NC4CCC(=O)NC4=O)cc3F)CC2)CCN(C(=O)OC(C)(C)C)CC1. The van der Waals surface area contributed by atoms with Crippen LogP contribution in [-0.4, -0.2) is 85.2 Å². The summed E-state index contributed by atoms with van der Waals surface area (Å²) in [5.41, 5.74) is -0.348. The van der Waals surface area contributed by atoms with Crippen LogP contribution in [0.4, 0.5) is 25.0 Å². The number of benzene rings is 1. The first-order valence-electron chi connectivity index (χ1n) is 13.4. The highest BCUT2D eigenvalue weighted by Gasteiger charge is 2.36. The summed E-state index contributed by atoms with van der Waals surface area (Å²) in [7, 11) is 0. The van der Waals surface area contributed by atoms with E-state index in [0.717, 1.165) is 19.4 Å². The van der Waals surface area contributed by atoms with Crippen molar-refractivity contribution in [2.24, 2.45) is 5.41 Å². The third-order valence-electron chi connectivity index (χ3n) is 7.51. The highest BCUT2D eigenvalue weighted by atomic mass is 19.1. The molecule has 0 aromatic heterocycles. The van der Waals surface area contributed by atoms with E-state index in [9.17, 15) is 14.4 Å². The molecule has 3 saturated heterocycles. The molecule has 3 amide bonds. The number of piperazine rings is 1. The number of nitrogens with one attached hydrogen (secondary N) is 2. The van der Waals surface area contributed by atoms with E-state index in [1.165, 1.54) is 12.1 Å². The lowest BCUT2D eigenvalue weighted by molar-refractivity contribution is -0.133. The van der Waals surface area contributed by atoms with Crippen LogP contribution < -0.4 is 15.5 Å². The maximum Gasteiger partial charge on any atom is 0.410 e. The summed E-state index contributed by atoms with van der Waals surface area (Å²) < 4.78 is 35.5. The molecule has 1 aromatic rings. The molecular weight excluding hydrogens is 496 g/mol. The largest absolute Gasteiger partial charge is 0.444 e. The lowest BCUT2D eigenvalue weighted by Gasteiger charge is -2.44. The Morgan fingerprint density at radius 3 is 2.24 bits per heavy atom. The minimum absolute atomic E-state index is 0.0561. The number of halogens is 2. The van der Waals surface area contributed by atoms with Gasteiger partial charge in [0.25, 0.3) is 0 Å². The molecule has 38 heavy (non-hydrogen) atoms. The van der Waals surface area contributed by atoms with Gasteiger partial charge in [-0.2, -0.15) is 0 Å². The van der Waals surface area contributed by atoms with Crippen LogP contribution in [0.25, 0.3) is 0 Å². The zero-order chi connectivity index (χ0) is 27.7. The summed E-state index contributed by atoms with van der Waals surface area (Å²) in [5, 5.41) is 5.07. The molecule has 0 bridgehead atoms. The Morgan fingerprint density at radius 1 is 1.08 bits per heavy atom. The number of hydrogen-bond acceptors (Lipinski definition) is 7. The minimum Gasteiger partial charge on any atom is -0.444 e. The number of nitrogens with zero attached hydrogens (tertiary/aromatic N) is 3. The zero-order valence-electron chi connectivity index (χ0n) is 22.7. The molecule has 4 rings (SSSR count). The van der Waals surface area contributed by atoms with Crippen LogP contribution in [0.15, 0.2) is 12.1 Å². The number of ether oxygens (including phenoxy) is 1. The normalized spacial score (nSPS) is 22.7. The Kier molecular flexibility index (Phi) is 8.15. The second kappa shape index (κ2) is 11.0. The van der Waals surface area contributed by atoms with Gasteiger partial charge in [-0.25, -0.2) is 13.6 Å². The van der Waals surface area contributed by atoms with Crippen LogP contribution in [0.5, 0.6) is 0 Å². The molecule has 0 saturated carbocycles. The van der Waals surface area contributed by atoms with Gasteiger partial charge in [0.15, 0.2) is 11.6 Å². The first kappa shape index (κ1) is 28.1. The molecule has 11 heteroatoms. The van der Waals surface area contributed by atoms with Crippen molar-refractivity contribution in [2.45, 2.75) is 65.0 Å². The van der Waals surface area contributed by atoms with Crippen molar-refractivity contribution in [1.29, 1.82) is 0 Å². The number of piperidine rings is 2. The number of hydrogen-bond donors (Lipinski definition) is 2. The van der Waals surface area contributed by atoms with Gasteiger partial charge < -0.3 is 19.9 Å². The van der Waals surface area contributed by atoms with Crippen molar-refractivity contribution in [1.82, 2.24) is 15.1 Å². The summed E-state index contributed by atoms with van der Waals surface area (Å²) in [6.07, 6.45) is 1.93. The monoisotopic (exact) mass is 535 g/mol. The van der Waals surface area contributed by atoms with Gasteiger partial charge in [0.05, 0.1) is 0 Å². The highest BCUT2D eigenvalue weighted by Crippen LogP contribution is 2.34. The summed E-state index contributed by atoms with van der Waals surface area (Å²) in [5.74, 6) is -2.21. The number of carbonyl (C=O) groups excluding carboxylic acids is 3.